The first-order chi connectivity index (χ1) is 17.7. The Morgan fingerprint density at radius 3 is 2.06 bits per heavy atom. The van der Waals surface area contributed by atoms with Crippen molar-refractivity contribution in [3.8, 4) is 11.5 Å². The van der Waals surface area contributed by atoms with Gasteiger partial charge in [-0.1, -0.05) is 86.0 Å². The Morgan fingerprint density at radius 2 is 1.42 bits per heavy atom. The summed E-state index contributed by atoms with van der Waals surface area (Å²) in [6.07, 6.45) is 11.9. The Balaban J connectivity index is 1.32. The lowest BCUT2D eigenvalue weighted by molar-refractivity contribution is -0.126. The summed E-state index contributed by atoms with van der Waals surface area (Å²) in [5.74, 6) is 2.52. The van der Waals surface area contributed by atoms with Gasteiger partial charge in [-0.05, 0) is 74.0 Å². The zero-order valence-corrected chi connectivity index (χ0v) is 21.2. The molecule has 3 nitrogen and oxygen atoms in total. The number of rotatable bonds is 8. The number of hydrogen-bond donors (Lipinski definition) is 1. The first kappa shape index (κ1) is 23.3. The highest BCUT2D eigenvalue weighted by Gasteiger charge is 2.52. The number of amides is 1. The number of carbonyl (C=O) groups is 1. The Hall–Kier alpha value is -3.07. The molecular formula is C33H37NO2. The molecule has 2 saturated carbocycles. The van der Waals surface area contributed by atoms with Crippen LogP contribution in [-0.4, -0.2) is 12.5 Å². The maximum absolute atomic E-state index is 14.5. The molecular weight excluding hydrogens is 442 g/mol. The van der Waals surface area contributed by atoms with Crippen LogP contribution in [0.2, 0.25) is 0 Å². The number of hydrogen-bond acceptors (Lipinski definition) is 2. The molecule has 3 aliphatic rings. The van der Waals surface area contributed by atoms with Crippen molar-refractivity contribution in [3.63, 3.8) is 0 Å². The van der Waals surface area contributed by atoms with Gasteiger partial charge in [-0.25, -0.2) is 0 Å². The molecule has 186 valence electrons. The van der Waals surface area contributed by atoms with Gasteiger partial charge < -0.3 is 10.1 Å². The second-order valence-electron chi connectivity index (χ2n) is 11.2. The maximum Gasteiger partial charge on any atom is 0.235 e. The van der Waals surface area contributed by atoms with Crippen LogP contribution < -0.4 is 10.1 Å². The zero-order chi connectivity index (χ0) is 24.4. The van der Waals surface area contributed by atoms with Gasteiger partial charge in [-0.2, -0.15) is 0 Å². The third-order valence-electron chi connectivity index (χ3n) is 9.13. The quantitative estimate of drug-likeness (QED) is 0.362. The minimum absolute atomic E-state index is 0.140. The molecule has 3 aromatic carbocycles. The summed E-state index contributed by atoms with van der Waals surface area (Å²) < 4.78 is 6.32. The summed E-state index contributed by atoms with van der Waals surface area (Å²) in [6, 6.07) is 26.9. The van der Waals surface area contributed by atoms with Gasteiger partial charge in [0.1, 0.15) is 16.9 Å². The van der Waals surface area contributed by atoms with Gasteiger partial charge in [0.05, 0.1) is 0 Å². The van der Waals surface area contributed by atoms with Crippen LogP contribution in [0.3, 0.4) is 0 Å². The Kier molecular flexibility index (Phi) is 6.33. The van der Waals surface area contributed by atoms with E-state index in [4.69, 9.17) is 4.74 Å². The Morgan fingerprint density at radius 1 is 0.806 bits per heavy atom. The molecule has 0 unspecified atom stereocenters. The van der Waals surface area contributed by atoms with Gasteiger partial charge in [0.2, 0.25) is 5.91 Å². The van der Waals surface area contributed by atoms with E-state index in [0.29, 0.717) is 5.41 Å². The first-order valence-electron chi connectivity index (χ1n) is 13.9. The summed E-state index contributed by atoms with van der Waals surface area (Å²) in [4.78, 5) is 14.5. The third-order valence-corrected chi connectivity index (χ3v) is 9.13. The van der Waals surface area contributed by atoms with Crippen molar-refractivity contribution in [2.45, 2.75) is 69.6 Å². The van der Waals surface area contributed by atoms with Gasteiger partial charge in [0.25, 0.3) is 0 Å². The van der Waals surface area contributed by atoms with Crippen molar-refractivity contribution in [2.75, 3.05) is 6.54 Å². The van der Waals surface area contributed by atoms with E-state index < -0.39 is 5.41 Å². The largest absolute Gasteiger partial charge is 0.457 e. The van der Waals surface area contributed by atoms with E-state index in [1.54, 1.807) is 0 Å². The van der Waals surface area contributed by atoms with Crippen LogP contribution in [0.15, 0.2) is 78.9 Å². The minimum atomic E-state index is -0.747. The Bertz CT molecular complexity index is 1160. The van der Waals surface area contributed by atoms with Gasteiger partial charge in [0.15, 0.2) is 0 Å². The zero-order valence-electron chi connectivity index (χ0n) is 21.2. The number of benzene rings is 3. The predicted octanol–water partition coefficient (Wildman–Crippen LogP) is 7.58. The molecule has 0 radical (unpaired) electrons. The SMILES string of the molecule is O=C(NCC1(C2CCCCC2)CC1)C1(CCCc2ccccc2)c2ccccc2Oc2ccccc21. The molecule has 3 aromatic rings. The first-order valence-corrected chi connectivity index (χ1v) is 13.9. The number of fused-ring (bicyclic) bond motifs is 2. The predicted molar refractivity (Wildman–Crippen MR) is 144 cm³/mol. The van der Waals surface area contributed by atoms with E-state index in [9.17, 15) is 4.79 Å². The molecule has 1 amide bonds. The number of nitrogens with one attached hydrogen (secondary N) is 1. The summed E-state index contributed by atoms with van der Waals surface area (Å²) >= 11 is 0. The second-order valence-corrected chi connectivity index (χ2v) is 11.2. The maximum atomic E-state index is 14.5. The van der Waals surface area contributed by atoms with E-state index in [-0.39, 0.29) is 5.91 Å². The summed E-state index contributed by atoms with van der Waals surface area (Å²) in [5, 5.41) is 3.53. The van der Waals surface area contributed by atoms with Crippen molar-refractivity contribution in [3.05, 3.63) is 95.6 Å². The van der Waals surface area contributed by atoms with Crippen LogP contribution >= 0.6 is 0 Å². The van der Waals surface area contributed by atoms with Gasteiger partial charge in [-0.15, -0.1) is 0 Å². The van der Waals surface area contributed by atoms with Crippen molar-refractivity contribution in [2.24, 2.45) is 11.3 Å². The highest BCUT2D eigenvalue weighted by Crippen LogP contribution is 2.56. The average molecular weight is 480 g/mol. The fourth-order valence-electron chi connectivity index (χ4n) is 6.92. The van der Waals surface area contributed by atoms with Crippen LogP contribution in [0.5, 0.6) is 11.5 Å². The highest BCUT2D eigenvalue weighted by molar-refractivity contribution is 5.94. The van der Waals surface area contributed by atoms with Crippen LogP contribution in [0.25, 0.3) is 0 Å². The number of ether oxygens (including phenoxy) is 1. The van der Waals surface area contributed by atoms with E-state index in [2.05, 4.69) is 47.8 Å². The molecule has 3 heteroatoms. The third kappa shape index (κ3) is 4.23. The van der Waals surface area contributed by atoms with Crippen molar-refractivity contribution >= 4 is 5.91 Å². The normalized spacial score (nSPS) is 19.4. The smallest absolute Gasteiger partial charge is 0.235 e. The van der Waals surface area contributed by atoms with Crippen molar-refractivity contribution in [1.82, 2.24) is 5.32 Å². The summed E-state index contributed by atoms with van der Waals surface area (Å²) in [7, 11) is 0. The molecule has 1 N–H and O–H groups in total. The minimum Gasteiger partial charge on any atom is -0.457 e. The summed E-state index contributed by atoms with van der Waals surface area (Å²) in [5.41, 5.74) is 2.89. The molecule has 2 aliphatic carbocycles. The number of para-hydroxylation sites is 2. The van der Waals surface area contributed by atoms with E-state index >= 15 is 0 Å². The van der Waals surface area contributed by atoms with E-state index in [1.807, 2.05) is 36.4 Å². The lowest BCUT2D eigenvalue weighted by Gasteiger charge is -2.40. The fraction of sp³-hybridized carbons (Fsp3) is 0.424. The van der Waals surface area contributed by atoms with Crippen LogP contribution in [0.1, 0.15) is 74.5 Å². The fourth-order valence-corrected chi connectivity index (χ4v) is 6.92. The van der Waals surface area contributed by atoms with E-state index in [1.165, 1.54) is 50.5 Å². The van der Waals surface area contributed by atoms with Crippen LogP contribution in [0.4, 0.5) is 0 Å². The van der Waals surface area contributed by atoms with Crippen LogP contribution in [-0.2, 0) is 16.6 Å². The van der Waals surface area contributed by atoms with Gasteiger partial charge >= 0.3 is 0 Å². The highest BCUT2D eigenvalue weighted by atomic mass is 16.5. The van der Waals surface area contributed by atoms with E-state index in [0.717, 1.165) is 54.4 Å². The van der Waals surface area contributed by atoms with Gasteiger partial charge in [0, 0.05) is 17.7 Å². The van der Waals surface area contributed by atoms with Crippen molar-refractivity contribution in [1.29, 1.82) is 0 Å². The lowest BCUT2D eigenvalue weighted by atomic mass is 9.68. The topological polar surface area (TPSA) is 38.3 Å². The number of carbonyl (C=O) groups excluding carboxylic acids is 1. The second kappa shape index (κ2) is 9.76. The average Bonchev–Trinajstić information content (AvgIpc) is 3.73. The molecule has 2 fully saturated rings. The Labute approximate surface area is 215 Å². The van der Waals surface area contributed by atoms with Gasteiger partial charge in [-0.3, -0.25) is 4.79 Å². The standard InChI is InChI=1S/C33H37NO2/c35-31(34-24-32(22-23-32)26-15-5-2-6-16-26)33(21-11-14-25-12-3-1-4-13-25)27-17-7-9-19-29(27)36-30-20-10-8-18-28(30)33/h1,3-4,7-10,12-13,17-20,26H,2,5-6,11,14-16,21-24H2,(H,34,35). The molecule has 36 heavy (non-hydrogen) atoms. The molecule has 0 saturated heterocycles. The van der Waals surface area contributed by atoms with Crippen LogP contribution in [0, 0.1) is 11.3 Å². The molecule has 0 bridgehead atoms. The molecule has 1 aliphatic heterocycles. The molecule has 6 rings (SSSR count). The monoisotopic (exact) mass is 479 g/mol. The molecule has 1 heterocycles. The number of aryl methyl sites for hydroxylation is 1. The summed E-state index contributed by atoms with van der Waals surface area (Å²) in [6.45, 7) is 0.808. The molecule has 0 atom stereocenters. The molecule has 0 spiro atoms. The molecule has 0 aromatic heterocycles. The lowest BCUT2D eigenvalue weighted by Crippen LogP contribution is -2.49. The van der Waals surface area contributed by atoms with Crippen molar-refractivity contribution < 1.29 is 9.53 Å².